The third kappa shape index (κ3) is 5.72. The summed E-state index contributed by atoms with van der Waals surface area (Å²) in [7, 11) is 1.45. The van der Waals surface area contributed by atoms with E-state index in [0.29, 0.717) is 26.3 Å². The number of carbonyl (C=O) groups excluding carboxylic acids is 2. The van der Waals surface area contributed by atoms with E-state index in [9.17, 15) is 14.4 Å². The molecule has 3 aromatic rings. The molecule has 10 heteroatoms. The summed E-state index contributed by atoms with van der Waals surface area (Å²) in [5, 5.41) is 0. The van der Waals surface area contributed by atoms with Crippen LogP contribution in [0.2, 0.25) is 0 Å². The van der Waals surface area contributed by atoms with Crippen molar-refractivity contribution in [3.05, 3.63) is 84.5 Å². The van der Waals surface area contributed by atoms with Crippen molar-refractivity contribution in [1.29, 1.82) is 0 Å². The van der Waals surface area contributed by atoms with Gasteiger partial charge in [-0.1, -0.05) is 29.5 Å². The molecule has 9 nitrogen and oxygen atoms in total. The number of benzene rings is 2. The highest BCUT2D eigenvalue weighted by Gasteiger charge is 2.34. The van der Waals surface area contributed by atoms with Gasteiger partial charge in [0.1, 0.15) is 0 Å². The molecule has 0 bridgehead atoms. The lowest BCUT2D eigenvalue weighted by Gasteiger charge is -2.25. The fraction of sp³-hybridized carbons (Fsp3) is 0.333. The van der Waals surface area contributed by atoms with Crippen molar-refractivity contribution in [3.63, 3.8) is 0 Å². The van der Waals surface area contributed by atoms with E-state index in [4.69, 9.17) is 14.2 Å². The highest BCUT2D eigenvalue weighted by Crippen LogP contribution is 2.36. The number of fused-ring (bicyclic) bond motifs is 1. The van der Waals surface area contributed by atoms with Crippen molar-refractivity contribution < 1.29 is 23.8 Å². The Hall–Kier alpha value is -4.18. The second-order valence-corrected chi connectivity index (χ2v) is 10.1. The van der Waals surface area contributed by atoms with Crippen LogP contribution in [0.15, 0.2) is 63.5 Å². The zero-order valence-electron chi connectivity index (χ0n) is 23.5. The first-order chi connectivity index (χ1) is 19.2. The van der Waals surface area contributed by atoms with Gasteiger partial charge >= 0.3 is 11.9 Å². The second kappa shape index (κ2) is 12.3. The van der Waals surface area contributed by atoms with E-state index < -0.39 is 18.0 Å². The van der Waals surface area contributed by atoms with E-state index in [1.807, 2.05) is 30.3 Å². The van der Waals surface area contributed by atoms with Crippen LogP contribution in [0.4, 0.5) is 5.69 Å². The molecule has 0 saturated carbocycles. The van der Waals surface area contributed by atoms with Crippen LogP contribution in [0.1, 0.15) is 51.8 Å². The van der Waals surface area contributed by atoms with Gasteiger partial charge in [0.2, 0.25) is 0 Å². The first-order valence-electron chi connectivity index (χ1n) is 13.1. The van der Waals surface area contributed by atoms with E-state index in [-0.39, 0.29) is 23.5 Å². The molecule has 0 amide bonds. The molecule has 0 radical (unpaired) electrons. The Bertz CT molecular complexity index is 1630. The molecule has 0 fully saturated rings. The highest BCUT2D eigenvalue weighted by atomic mass is 32.1. The summed E-state index contributed by atoms with van der Waals surface area (Å²) in [6.45, 7) is 11.0. The molecule has 2 aromatic carbocycles. The predicted molar refractivity (Wildman–Crippen MR) is 155 cm³/mol. The molecule has 1 aliphatic rings. The van der Waals surface area contributed by atoms with Gasteiger partial charge in [0.15, 0.2) is 16.3 Å². The van der Waals surface area contributed by atoms with E-state index >= 15 is 0 Å². The molecule has 1 unspecified atom stereocenters. The van der Waals surface area contributed by atoms with Crippen LogP contribution in [-0.4, -0.2) is 43.3 Å². The van der Waals surface area contributed by atoms with Crippen molar-refractivity contribution in [1.82, 2.24) is 4.57 Å². The number of rotatable bonds is 9. The van der Waals surface area contributed by atoms with Crippen LogP contribution in [0, 0.1) is 0 Å². The lowest BCUT2D eigenvalue weighted by atomic mass is 9.95. The number of methoxy groups -OCH3 is 1. The summed E-state index contributed by atoms with van der Waals surface area (Å²) < 4.78 is 18.1. The summed E-state index contributed by atoms with van der Waals surface area (Å²) in [4.78, 5) is 45.9. The smallest absolute Gasteiger partial charge is 0.338 e. The van der Waals surface area contributed by atoms with Crippen molar-refractivity contribution in [2.75, 3.05) is 31.7 Å². The third-order valence-corrected chi connectivity index (χ3v) is 7.58. The second-order valence-electron chi connectivity index (χ2n) is 9.07. The molecule has 1 aliphatic heterocycles. The van der Waals surface area contributed by atoms with Crippen LogP contribution in [0.3, 0.4) is 0 Å². The molecule has 2 heterocycles. The minimum Gasteiger partial charge on any atom is -0.493 e. The number of carbonyl (C=O) groups is 2. The Morgan fingerprint density at radius 3 is 2.38 bits per heavy atom. The van der Waals surface area contributed by atoms with Gasteiger partial charge in [-0.05, 0) is 69.2 Å². The molecule has 0 saturated heterocycles. The van der Waals surface area contributed by atoms with Crippen molar-refractivity contribution >= 4 is 35.0 Å². The molecule has 4 rings (SSSR count). The van der Waals surface area contributed by atoms with Crippen LogP contribution in [-0.2, 0) is 14.3 Å². The lowest BCUT2D eigenvalue weighted by molar-refractivity contribution is -0.139. The fourth-order valence-electron chi connectivity index (χ4n) is 4.72. The average molecular weight is 564 g/mol. The van der Waals surface area contributed by atoms with Gasteiger partial charge in [0, 0.05) is 25.7 Å². The normalized spacial score (nSPS) is 14.8. The lowest BCUT2D eigenvalue weighted by Crippen LogP contribution is -2.40. The van der Waals surface area contributed by atoms with Crippen molar-refractivity contribution in [3.8, 4) is 11.5 Å². The van der Waals surface area contributed by atoms with Gasteiger partial charge in [-0.2, -0.15) is 0 Å². The van der Waals surface area contributed by atoms with Gasteiger partial charge in [0.05, 0.1) is 35.6 Å². The SMILES string of the molecule is CCOC(=O)C1=C(C)N=c2sc(=Cc3ccc(N(CC)CC)cc3)c(=O)n2C1c1ccc(OC(C)=O)c(OC)c1. The first-order valence-corrected chi connectivity index (χ1v) is 13.9. The summed E-state index contributed by atoms with van der Waals surface area (Å²) >= 11 is 1.26. The molecule has 1 atom stereocenters. The molecular formula is C30H33N3O6S. The quantitative estimate of drug-likeness (QED) is 0.290. The molecular weight excluding hydrogens is 530 g/mol. The number of allylic oxidation sites excluding steroid dienone is 1. The van der Waals surface area contributed by atoms with Crippen LogP contribution in [0.5, 0.6) is 11.5 Å². The van der Waals surface area contributed by atoms with Gasteiger partial charge in [-0.3, -0.25) is 14.2 Å². The van der Waals surface area contributed by atoms with E-state index in [2.05, 4.69) is 23.7 Å². The summed E-state index contributed by atoms with van der Waals surface area (Å²) in [5.74, 6) is -0.524. The Morgan fingerprint density at radius 1 is 1.07 bits per heavy atom. The Balaban J connectivity index is 1.88. The zero-order chi connectivity index (χ0) is 29.0. The minimum atomic E-state index is -0.817. The number of esters is 2. The first kappa shape index (κ1) is 28.8. The topological polar surface area (TPSA) is 99.4 Å². The highest BCUT2D eigenvalue weighted by molar-refractivity contribution is 7.07. The molecule has 210 valence electrons. The summed E-state index contributed by atoms with van der Waals surface area (Å²) in [6, 6.07) is 12.2. The minimum absolute atomic E-state index is 0.172. The van der Waals surface area contributed by atoms with E-state index in [1.54, 1.807) is 32.0 Å². The van der Waals surface area contributed by atoms with Gasteiger partial charge in [-0.25, -0.2) is 9.79 Å². The largest absolute Gasteiger partial charge is 0.493 e. The number of ether oxygens (including phenoxy) is 3. The maximum atomic E-state index is 13.9. The Labute approximate surface area is 236 Å². The maximum Gasteiger partial charge on any atom is 0.338 e. The molecule has 0 aliphatic carbocycles. The molecule has 40 heavy (non-hydrogen) atoms. The number of hydrogen-bond donors (Lipinski definition) is 0. The van der Waals surface area contributed by atoms with Crippen LogP contribution in [0.25, 0.3) is 6.08 Å². The molecule has 0 spiro atoms. The van der Waals surface area contributed by atoms with Crippen molar-refractivity contribution in [2.45, 2.75) is 40.7 Å². The molecule has 0 N–H and O–H groups in total. The van der Waals surface area contributed by atoms with Crippen molar-refractivity contribution in [2.24, 2.45) is 4.99 Å². The standard InChI is InChI=1S/C30H33N3O6S/c1-7-32(8-2)22-13-10-20(11-14-22)16-25-28(35)33-27(21-12-15-23(39-19(5)34)24(17-21)37-6)26(29(36)38-9-3)18(4)31-30(33)40-25/h10-17,27H,7-9H2,1-6H3. The Morgan fingerprint density at radius 2 is 1.77 bits per heavy atom. The summed E-state index contributed by atoms with van der Waals surface area (Å²) in [6.07, 6.45) is 1.83. The monoisotopic (exact) mass is 563 g/mol. The van der Waals surface area contributed by atoms with E-state index in [0.717, 1.165) is 24.3 Å². The van der Waals surface area contributed by atoms with Gasteiger partial charge < -0.3 is 19.1 Å². The number of anilines is 1. The zero-order valence-corrected chi connectivity index (χ0v) is 24.3. The van der Waals surface area contributed by atoms with Crippen LogP contribution >= 0.6 is 11.3 Å². The fourth-order valence-corrected chi connectivity index (χ4v) is 5.77. The van der Waals surface area contributed by atoms with E-state index in [1.165, 1.54) is 29.9 Å². The predicted octanol–water partition coefficient (Wildman–Crippen LogP) is 3.58. The summed E-state index contributed by atoms with van der Waals surface area (Å²) in [5.41, 5.74) is 3.02. The third-order valence-electron chi connectivity index (χ3n) is 6.59. The average Bonchev–Trinajstić information content (AvgIpc) is 3.23. The maximum absolute atomic E-state index is 13.9. The van der Waals surface area contributed by atoms with Crippen LogP contribution < -0.4 is 29.3 Å². The number of thiazole rings is 1. The Kier molecular flexibility index (Phi) is 8.89. The number of aromatic nitrogens is 1. The number of nitrogens with zero attached hydrogens (tertiary/aromatic N) is 3. The van der Waals surface area contributed by atoms with Gasteiger partial charge in [0.25, 0.3) is 5.56 Å². The van der Waals surface area contributed by atoms with Gasteiger partial charge in [-0.15, -0.1) is 0 Å². The number of hydrogen-bond acceptors (Lipinski definition) is 9. The molecule has 1 aromatic heterocycles.